The SMILES string of the molecule is COc1cc(C2C(C(=O)O)=C(CO)Oc3cc4c(cc32)OCO4)cc(OC)c1O. The first-order valence-corrected chi connectivity index (χ1v) is 8.62. The normalized spacial score (nSPS) is 16.9. The van der Waals surface area contributed by atoms with Crippen LogP contribution in [-0.2, 0) is 4.79 Å². The van der Waals surface area contributed by atoms with Crippen LogP contribution < -0.4 is 23.7 Å². The first kappa shape index (κ1) is 18.8. The van der Waals surface area contributed by atoms with Gasteiger partial charge in [-0.05, 0) is 23.8 Å². The highest BCUT2D eigenvalue weighted by atomic mass is 16.7. The van der Waals surface area contributed by atoms with Crippen molar-refractivity contribution in [1.82, 2.24) is 0 Å². The molecular weight excluding hydrogens is 384 g/mol. The lowest BCUT2D eigenvalue weighted by atomic mass is 9.81. The number of carbonyl (C=O) groups is 1. The number of methoxy groups -OCH3 is 2. The number of aliphatic hydroxyl groups is 1. The summed E-state index contributed by atoms with van der Waals surface area (Å²) in [6.07, 6.45) is 0. The highest BCUT2D eigenvalue weighted by molar-refractivity contribution is 5.91. The number of carboxylic acid groups (broad SMARTS) is 1. The van der Waals surface area contributed by atoms with E-state index in [2.05, 4.69) is 0 Å². The molecule has 0 spiro atoms. The van der Waals surface area contributed by atoms with Crippen molar-refractivity contribution < 1.29 is 43.8 Å². The van der Waals surface area contributed by atoms with Gasteiger partial charge in [-0.15, -0.1) is 0 Å². The molecule has 9 heteroatoms. The minimum atomic E-state index is -1.26. The molecule has 2 aliphatic rings. The number of ether oxygens (including phenoxy) is 5. The van der Waals surface area contributed by atoms with E-state index in [9.17, 15) is 20.1 Å². The number of hydrogen-bond acceptors (Lipinski definition) is 8. The van der Waals surface area contributed by atoms with Gasteiger partial charge in [0.05, 0.1) is 19.8 Å². The maximum absolute atomic E-state index is 12.1. The van der Waals surface area contributed by atoms with Gasteiger partial charge in [-0.25, -0.2) is 4.79 Å². The Hall–Kier alpha value is -3.59. The number of fused-ring (bicyclic) bond motifs is 2. The minimum absolute atomic E-state index is 0.0375. The summed E-state index contributed by atoms with van der Waals surface area (Å²) in [5, 5.41) is 29.9. The number of carboxylic acids is 1. The lowest BCUT2D eigenvalue weighted by molar-refractivity contribution is -0.133. The van der Waals surface area contributed by atoms with Crippen LogP contribution in [0.2, 0.25) is 0 Å². The van der Waals surface area contributed by atoms with Gasteiger partial charge in [-0.2, -0.15) is 0 Å². The summed E-state index contributed by atoms with van der Waals surface area (Å²) >= 11 is 0. The number of phenolic OH excluding ortho intramolecular Hbond substituents is 1. The summed E-state index contributed by atoms with van der Waals surface area (Å²) in [4.78, 5) is 12.1. The van der Waals surface area contributed by atoms with Gasteiger partial charge < -0.3 is 39.0 Å². The number of aliphatic hydroxyl groups excluding tert-OH is 1. The summed E-state index contributed by atoms with van der Waals surface area (Å²) in [6, 6.07) is 6.26. The van der Waals surface area contributed by atoms with Crippen molar-refractivity contribution in [1.29, 1.82) is 0 Å². The molecule has 29 heavy (non-hydrogen) atoms. The summed E-state index contributed by atoms with van der Waals surface area (Å²) in [7, 11) is 2.75. The number of phenols is 1. The highest BCUT2D eigenvalue weighted by Gasteiger charge is 2.37. The number of aliphatic carboxylic acids is 1. The van der Waals surface area contributed by atoms with E-state index in [1.165, 1.54) is 26.4 Å². The number of aromatic hydroxyl groups is 1. The van der Waals surface area contributed by atoms with Gasteiger partial charge in [0.2, 0.25) is 12.5 Å². The van der Waals surface area contributed by atoms with Gasteiger partial charge in [0.25, 0.3) is 0 Å². The standard InChI is InChI=1S/C20H18O9/c1-25-14-3-9(4-15(26-2)19(14)22)17-10-5-12-13(28-8-27-12)6-11(10)29-16(7-21)18(17)20(23)24/h3-6,17,21-22H,7-8H2,1-2H3,(H,23,24). The van der Waals surface area contributed by atoms with Crippen molar-refractivity contribution in [3.8, 4) is 34.5 Å². The zero-order valence-electron chi connectivity index (χ0n) is 15.6. The van der Waals surface area contributed by atoms with Crippen molar-refractivity contribution in [2.45, 2.75) is 5.92 Å². The average Bonchev–Trinajstić information content (AvgIpc) is 3.18. The molecule has 3 N–H and O–H groups in total. The predicted octanol–water partition coefficient (Wildman–Crippen LogP) is 1.99. The molecule has 0 amide bonds. The Balaban J connectivity index is 1.99. The van der Waals surface area contributed by atoms with E-state index >= 15 is 0 Å². The highest BCUT2D eigenvalue weighted by Crippen LogP contribution is 2.50. The minimum Gasteiger partial charge on any atom is -0.502 e. The fourth-order valence-electron chi connectivity index (χ4n) is 3.54. The number of benzene rings is 2. The van der Waals surface area contributed by atoms with Gasteiger partial charge >= 0.3 is 5.97 Å². The van der Waals surface area contributed by atoms with Gasteiger partial charge in [-0.1, -0.05) is 0 Å². The molecule has 0 aromatic heterocycles. The maximum Gasteiger partial charge on any atom is 0.336 e. The van der Waals surface area contributed by atoms with E-state index in [-0.39, 0.29) is 35.4 Å². The zero-order chi connectivity index (χ0) is 20.7. The molecule has 2 aliphatic heterocycles. The van der Waals surface area contributed by atoms with Crippen LogP contribution in [0.3, 0.4) is 0 Å². The first-order valence-electron chi connectivity index (χ1n) is 8.62. The van der Waals surface area contributed by atoms with Crippen LogP contribution >= 0.6 is 0 Å². The molecule has 0 bridgehead atoms. The van der Waals surface area contributed by atoms with Gasteiger partial charge in [0, 0.05) is 17.5 Å². The largest absolute Gasteiger partial charge is 0.502 e. The Morgan fingerprint density at radius 3 is 2.24 bits per heavy atom. The smallest absolute Gasteiger partial charge is 0.336 e. The lowest BCUT2D eigenvalue weighted by Crippen LogP contribution is -2.24. The molecule has 2 aromatic carbocycles. The second kappa shape index (κ2) is 7.10. The van der Waals surface area contributed by atoms with Crippen molar-refractivity contribution >= 4 is 5.97 Å². The second-order valence-corrected chi connectivity index (χ2v) is 6.35. The summed E-state index contributed by atoms with van der Waals surface area (Å²) in [5.41, 5.74) is 0.815. The van der Waals surface area contributed by atoms with Crippen LogP contribution in [0.5, 0.6) is 34.5 Å². The topological polar surface area (TPSA) is 124 Å². The zero-order valence-corrected chi connectivity index (χ0v) is 15.6. The molecule has 0 fully saturated rings. The second-order valence-electron chi connectivity index (χ2n) is 6.35. The molecule has 4 rings (SSSR count). The van der Waals surface area contributed by atoms with Crippen molar-refractivity contribution in [2.24, 2.45) is 0 Å². The lowest BCUT2D eigenvalue weighted by Gasteiger charge is -2.29. The Bertz CT molecular complexity index is 1000. The van der Waals surface area contributed by atoms with Crippen LogP contribution in [0.25, 0.3) is 0 Å². The first-order chi connectivity index (χ1) is 14.0. The van der Waals surface area contributed by atoms with Crippen LogP contribution in [0.15, 0.2) is 35.6 Å². The Morgan fingerprint density at radius 1 is 1.07 bits per heavy atom. The van der Waals surface area contributed by atoms with E-state index in [1.807, 2.05) is 0 Å². The third-order valence-corrected chi connectivity index (χ3v) is 4.85. The molecule has 0 radical (unpaired) electrons. The van der Waals surface area contributed by atoms with E-state index in [0.717, 1.165) is 0 Å². The van der Waals surface area contributed by atoms with Gasteiger partial charge in [-0.3, -0.25) is 0 Å². The number of rotatable bonds is 5. The molecule has 0 saturated heterocycles. The molecule has 2 aromatic rings. The van der Waals surface area contributed by atoms with Gasteiger partial charge in [0.1, 0.15) is 18.1 Å². The molecule has 0 saturated carbocycles. The monoisotopic (exact) mass is 402 g/mol. The van der Waals surface area contributed by atoms with Crippen LogP contribution in [-0.4, -0.2) is 48.9 Å². The van der Waals surface area contributed by atoms with E-state index < -0.39 is 18.5 Å². The summed E-state index contributed by atoms with van der Waals surface area (Å²) in [6.45, 7) is -0.575. The average molecular weight is 402 g/mol. The Morgan fingerprint density at radius 2 is 1.69 bits per heavy atom. The molecular formula is C20H18O9. The molecule has 1 unspecified atom stereocenters. The van der Waals surface area contributed by atoms with E-state index in [4.69, 9.17) is 23.7 Å². The third kappa shape index (κ3) is 2.95. The predicted molar refractivity (Wildman–Crippen MR) is 98.0 cm³/mol. The summed E-state index contributed by atoms with van der Waals surface area (Å²) < 4.78 is 26.9. The molecule has 0 aliphatic carbocycles. The van der Waals surface area contributed by atoms with E-state index in [0.29, 0.717) is 28.4 Å². The Kier molecular flexibility index (Phi) is 4.59. The van der Waals surface area contributed by atoms with Crippen molar-refractivity contribution in [3.63, 3.8) is 0 Å². The van der Waals surface area contributed by atoms with Crippen LogP contribution in [0, 0.1) is 0 Å². The fraction of sp³-hybridized carbons (Fsp3) is 0.250. The Labute approximate surface area is 165 Å². The fourth-order valence-corrected chi connectivity index (χ4v) is 3.54. The van der Waals surface area contributed by atoms with Crippen molar-refractivity contribution in [2.75, 3.05) is 27.6 Å². The maximum atomic E-state index is 12.1. The quantitative estimate of drug-likeness (QED) is 0.689. The summed E-state index contributed by atoms with van der Waals surface area (Å²) in [5.74, 6) is -0.942. The molecule has 9 nitrogen and oxygen atoms in total. The number of hydrogen-bond donors (Lipinski definition) is 3. The van der Waals surface area contributed by atoms with Crippen LogP contribution in [0.1, 0.15) is 17.0 Å². The third-order valence-electron chi connectivity index (χ3n) is 4.85. The van der Waals surface area contributed by atoms with E-state index in [1.54, 1.807) is 12.1 Å². The van der Waals surface area contributed by atoms with Gasteiger partial charge in [0.15, 0.2) is 23.0 Å². The molecule has 2 heterocycles. The van der Waals surface area contributed by atoms with Crippen LogP contribution in [0.4, 0.5) is 0 Å². The molecule has 1 atom stereocenters. The van der Waals surface area contributed by atoms with Crippen molar-refractivity contribution in [3.05, 3.63) is 46.7 Å². The molecule has 152 valence electrons.